The standard InChI is InChI=1S/C13H23N3O/c17-13(9-14-11-3-4-11)16-8-5-12(10-16)15-6-1-2-7-15/h11-12,14H,1-10H2. The summed E-state index contributed by atoms with van der Waals surface area (Å²) in [6, 6.07) is 1.28. The number of nitrogens with zero attached hydrogens (tertiary/aromatic N) is 2. The summed E-state index contributed by atoms with van der Waals surface area (Å²) in [7, 11) is 0. The van der Waals surface area contributed by atoms with Crippen LogP contribution in [0.2, 0.25) is 0 Å². The third kappa shape index (κ3) is 2.80. The van der Waals surface area contributed by atoms with Crippen molar-refractivity contribution in [3.05, 3.63) is 0 Å². The van der Waals surface area contributed by atoms with Gasteiger partial charge in [0.15, 0.2) is 0 Å². The second-order valence-corrected chi connectivity index (χ2v) is 5.68. The Bertz CT molecular complexity index is 284. The summed E-state index contributed by atoms with van der Waals surface area (Å²) < 4.78 is 0. The topological polar surface area (TPSA) is 35.6 Å². The fourth-order valence-corrected chi connectivity index (χ4v) is 3.00. The molecule has 0 aromatic carbocycles. The zero-order valence-corrected chi connectivity index (χ0v) is 10.5. The Balaban J connectivity index is 1.43. The smallest absolute Gasteiger partial charge is 0.236 e. The van der Waals surface area contributed by atoms with Crippen molar-refractivity contribution in [1.29, 1.82) is 0 Å². The molecule has 0 radical (unpaired) electrons. The number of carbonyl (C=O) groups excluding carboxylic acids is 1. The molecule has 2 saturated heterocycles. The highest BCUT2D eigenvalue weighted by atomic mass is 16.2. The van der Waals surface area contributed by atoms with Crippen molar-refractivity contribution in [3.63, 3.8) is 0 Å². The molecule has 2 aliphatic heterocycles. The van der Waals surface area contributed by atoms with Crippen LogP contribution < -0.4 is 5.32 Å². The van der Waals surface area contributed by atoms with Crippen molar-refractivity contribution in [1.82, 2.24) is 15.1 Å². The summed E-state index contributed by atoms with van der Waals surface area (Å²) in [6.45, 7) is 4.97. The maximum atomic E-state index is 12.0. The van der Waals surface area contributed by atoms with Crippen LogP contribution in [0.3, 0.4) is 0 Å². The fourth-order valence-electron chi connectivity index (χ4n) is 3.00. The Hall–Kier alpha value is -0.610. The molecule has 2 heterocycles. The number of amides is 1. The summed E-state index contributed by atoms with van der Waals surface area (Å²) in [5.41, 5.74) is 0. The number of carbonyl (C=O) groups is 1. The first-order valence-electron chi connectivity index (χ1n) is 7.08. The lowest BCUT2D eigenvalue weighted by molar-refractivity contribution is -0.129. The van der Waals surface area contributed by atoms with Crippen molar-refractivity contribution in [2.45, 2.75) is 44.2 Å². The average Bonchev–Trinajstić information content (AvgIpc) is 2.85. The Labute approximate surface area is 103 Å². The highest BCUT2D eigenvalue weighted by Crippen LogP contribution is 2.21. The van der Waals surface area contributed by atoms with Gasteiger partial charge in [-0.25, -0.2) is 0 Å². The molecule has 96 valence electrons. The Kier molecular flexibility index (Phi) is 3.34. The molecule has 1 aliphatic carbocycles. The number of rotatable bonds is 4. The van der Waals surface area contributed by atoms with Crippen LogP contribution in [0.1, 0.15) is 32.1 Å². The minimum atomic E-state index is 0.304. The third-order valence-corrected chi connectivity index (χ3v) is 4.29. The van der Waals surface area contributed by atoms with E-state index >= 15 is 0 Å². The average molecular weight is 237 g/mol. The van der Waals surface area contributed by atoms with E-state index in [2.05, 4.69) is 15.1 Å². The van der Waals surface area contributed by atoms with Gasteiger partial charge in [0.2, 0.25) is 5.91 Å². The van der Waals surface area contributed by atoms with Gasteiger partial charge in [0, 0.05) is 25.2 Å². The van der Waals surface area contributed by atoms with E-state index < -0.39 is 0 Å². The monoisotopic (exact) mass is 237 g/mol. The molecule has 3 fully saturated rings. The van der Waals surface area contributed by atoms with Gasteiger partial charge in [-0.05, 0) is 45.2 Å². The van der Waals surface area contributed by atoms with Gasteiger partial charge in [0.1, 0.15) is 0 Å². The van der Waals surface area contributed by atoms with Crippen LogP contribution in [-0.2, 0) is 4.79 Å². The highest BCUT2D eigenvalue weighted by Gasteiger charge is 2.31. The van der Waals surface area contributed by atoms with E-state index in [0.29, 0.717) is 24.5 Å². The number of hydrogen-bond donors (Lipinski definition) is 1. The second-order valence-electron chi connectivity index (χ2n) is 5.68. The lowest BCUT2D eigenvalue weighted by atomic mass is 10.2. The molecule has 1 unspecified atom stereocenters. The van der Waals surface area contributed by atoms with Crippen molar-refractivity contribution >= 4 is 5.91 Å². The maximum Gasteiger partial charge on any atom is 0.236 e. The molecular formula is C13H23N3O. The summed E-state index contributed by atoms with van der Waals surface area (Å²) in [5.74, 6) is 0.304. The van der Waals surface area contributed by atoms with E-state index in [9.17, 15) is 4.79 Å². The molecule has 0 spiro atoms. The molecule has 4 nitrogen and oxygen atoms in total. The molecular weight excluding hydrogens is 214 g/mol. The van der Waals surface area contributed by atoms with Crippen LogP contribution in [0.4, 0.5) is 0 Å². The van der Waals surface area contributed by atoms with E-state index in [1.165, 1.54) is 45.2 Å². The van der Waals surface area contributed by atoms with E-state index in [1.54, 1.807) is 0 Å². The summed E-state index contributed by atoms with van der Waals surface area (Å²) in [6.07, 6.45) is 6.36. The van der Waals surface area contributed by atoms with Crippen molar-refractivity contribution in [3.8, 4) is 0 Å². The van der Waals surface area contributed by atoms with Gasteiger partial charge in [-0.2, -0.15) is 0 Å². The first kappa shape index (κ1) is 11.5. The molecule has 3 rings (SSSR count). The molecule has 4 heteroatoms. The van der Waals surface area contributed by atoms with Gasteiger partial charge in [0.05, 0.1) is 6.54 Å². The lowest BCUT2D eigenvalue weighted by Crippen LogP contribution is -2.40. The van der Waals surface area contributed by atoms with Crippen LogP contribution in [0.25, 0.3) is 0 Å². The number of nitrogens with one attached hydrogen (secondary N) is 1. The van der Waals surface area contributed by atoms with E-state index in [1.807, 2.05) is 0 Å². The van der Waals surface area contributed by atoms with Gasteiger partial charge >= 0.3 is 0 Å². The largest absolute Gasteiger partial charge is 0.340 e. The van der Waals surface area contributed by atoms with Gasteiger partial charge in [-0.1, -0.05) is 0 Å². The van der Waals surface area contributed by atoms with Gasteiger partial charge in [-0.3, -0.25) is 9.69 Å². The summed E-state index contributed by atoms with van der Waals surface area (Å²) in [5, 5.41) is 3.31. The molecule has 0 bridgehead atoms. The number of hydrogen-bond acceptors (Lipinski definition) is 3. The van der Waals surface area contributed by atoms with Crippen LogP contribution in [0, 0.1) is 0 Å². The lowest BCUT2D eigenvalue weighted by Gasteiger charge is -2.23. The third-order valence-electron chi connectivity index (χ3n) is 4.29. The fraction of sp³-hybridized carbons (Fsp3) is 0.923. The Morgan fingerprint density at radius 2 is 1.88 bits per heavy atom. The first-order chi connectivity index (χ1) is 8.33. The van der Waals surface area contributed by atoms with Gasteiger partial charge in [-0.15, -0.1) is 0 Å². The van der Waals surface area contributed by atoms with Crippen molar-refractivity contribution < 1.29 is 4.79 Å². The molecule has 1 saturated carbocycles. The van der Waals surface area contributed by atoms with E-state index in [0.717, 1.165) is 13.1 Å². The molecule has 1 N–H and O–H groups in total. The maximum absolute atomic E-state index is 12.0. The van der Waals surface area contributed by atoms with Crippen LogP contribution in [-0.4, -0.2) is 60.5 Å². The quantitative estimate of drug-likeness (QED) is 0.770. The highest BCUT2D eigenvalue weighted by molar-refractivity contribution is 5.78. The van der Waals surface area contributed by atoms with E-state index in [4.69, 9.17) is 0 Å². The van der Waals surface area contributed by atoms with Crippen molar-refractivity contribution in [2.75, 3.05) is 32.7 Å². The molecule has 0 aromatic heterocycles. The predicted molar refractivity (Wildman–Crippen MR) is 66.8 cm³/mol. The molecule has 17 heavy (non-hydrogen) atoms. The second kappa shape index (κ2) is 4.94. The minimum absolute atomic E-state index is 0.304. The first-order valence-corrected chi connectivity index (χ1v) is 7.08. The van der Waals surface area contributed by atoms with Crippen LogP contribution in [0.15, 0.2) is 0 Å². The minimum Gasteiger partial charge on any atom is -0.340 e. The summed E-state index contributed by atoms with van der Waals surface area (Å²) in [4.78, 5) is 16.6. The summed E-state index contributed by atoms with van der Waals surface area (Å²) >= 11 is 0. The SMILES string of the molecule is O=C(CNC1CC1)N1CCC(N2CCCC2)C1. The van der Waals surface area contributed by atoms with Crippen molar-refractivity contribution in [2.24, 2.45) is 0 Å². The predicted octanol–water partition coefficient (Wildman–Crippen LogP) is 0.435. The van der Waals surface area contributed by atoms with Gasteiger partial charge < -0.3 is 10.2 Å². The molecule has 0 aromatic rings. The molecule has 1 amide bonds. The normalized spacial score (nSPS) is 30.1. The van der Waals surface area contributed by atoms with Crippen LogP contribution in [0.5, 0.6) is 0 Å². The van der Waals surface area contributed by atoms with E-state index in [-0.39, 0.29) is 0 Å². The Morgan fingerprint density at radius 3 is 2.59 bits per heavy atom. The van der Waals surface area contributed by atoms with Gasteiger partial charge in [0.25, 0.3) is 0 Å². The zero-order valence-electron chi connectivity index (χ0n) is 10.5. The molecule has 1 atom stereocenters. The molecule has 3 aliphatic rings. The number of likely N-dealkylation sites (tertiary alicyclic amines) is 2. The Morgan fingerprint density at radius 1 is 1.12 bits per heavy atom. The zero-order chi connectivity index (χ0) is 11.7. The van der Waals surface area contributed by atoms with Crippen LogP contribution >= 0.6 is 0 Å².